The van der Waals surface area contributed by atoms with E-state index in [2.05, 4.69) is 19.0 Å². The molecule has 2 aliphatic rings. The number of benzene rings is 1. The first-order valence-electron chi connectivity index (χ1n) is 9.79. The Morgan fingerprint density at radius 1 is 1.30 bits per heavy atom. The molecule has 0 radical (unpaired) electrons. The summed E-state index contributed by atoms with van der Waals surface area (Å²) in [7, 11) is 4.14. The van der Waals surface area contributed by atoms with E-state index in [1.807, 2.05) is 39.0 Å². The Morgan fingerprint density at radius 3 is 2.63 bits per heavy atom. The fourth-order valence-electron chi connectivity index (χ4n) is 4.76. The number of carbonyl (C=O) groups is 1. The highest BCUT2D eigenvalue weighted by atomic mass is 35.5. The second-order valence-electron chi connectivity index (χ2n) is 9.60. The molecule has 4 atom stereocenters. The van der Waals surface area contributed by atoms with E-state index in [4.69, 9.17) is 4.74 Å². The maximum atomic E-state index is 12.2. The van der Waals surface area contributed by atoms with Gasteiger partial charge in [0.25, 0.3) is 0 Å². The summed E-state index contributed by atoms with van der Waals surface area (Å²) in [6, 6.07) is 7.55. The summed E-state index contributed by atoms with van der Waals surface area (Å²) >= 11 is 0. The standard InChI is InChI=1S/C22H33NO3.ClH/c1-21(2,3)20(24)26-18-8-6-7-17(12-18)22(25)13-15-9-10-16(11-15)19(22)14-23(4)5;/h6-8,12,15-16,19,25H,9-11,13-14H2,1-5H3;1H. The molecule has 4 nitrogen and oxygen atoms in total. The van der Waals surface area contributed by atoms with Gasteiger partial charge in [-0.25, -0.2) is 0 Å². The van der Waals surface area contributed by atoms with Crippen molar-refractivity contribution in [3.8, 4) is 5.75 Å². The van der Waals surface area contributed by atoms with Crippen molar-refractivity contribution in [2.45, 2.75) is 52.1 Å². The van der Waals surface area contributed by atoms with Crippen LogP contribution in [0.5, 0.6) is 5.75 Å². The van der Waals surface area contributed by atoms with Crippen molar-refractivity contribution in [2.24, 2.45) is 23.2 Å². The molecule has 0 saturated heterocycles. The number of rotatable bonds is 4. The van der Waals surface area contributed by atoms with Crippen molar-refractivity contribution < 1.29 is 14.6 Å². The van der Waals surface area contributed by atoms with E-state index in [-0.39, 0.29) is 24.3 Å². The topological polar surface area (TPSA) is 49.8 Å². The molecule has 152 valence electrons. The van der Waals surface area contributed by atoms with Gasteiger partial charge >= 0.3 is 5.97 Å². The minimum Gasteiger partial charge on any atom is -0.426 e. The summed E-state index contributed by atoms with van der Waals surface area (Å²) in [5.74, 6) is 1.66. The van der Waals surface area contributed by atoms with Gasteiger partial charge in [0.05, 0.1) is 11.0 Å². The molecule has 0 aliphatic heterocycles. The van der Waals surface area contributed by atoms with E-state index in [9.17, 15) is 9.90 Å². The average Bonchev–Trinajstić information content (AvgIpc) is 2.94. The van der Waals surface area contributed by atoms with Gasteiger partial charge in [-0.1, -0.05) is 18.6 Å². The van der Waals surface area contributed by atoms with Gasteiger partial charge in [0.1, 0.15) is 5.75 Å². The van der Waals surface area contributed by atoms with Crippen LogP contribution in [0.4, 0.5) is 0 Å². The maximum Gasteiger partial charge on any atom is 0.316 e. The highest BCUT2D eigenvalue weighted by molar-refractivity contribution is 5.85. The lowest BCUT2D eigenvalue weighted by atomic mass is 9.66. The highest BCUT2D eigenvalue weighted by Crippen LogP contribution is 2.54. The van der Waals surface area contributed by atoms with Gasteiger partial charge in [-0.05, 0) is 83.7 Å². The SMILES string of the molecule is CN(C)CC1C2CCC(C2)CC1(O)c1cccc(OC(=O)C(C)(C)C)c1.Cl. The predicted molar refractivity (Wildman–Crippen MR) is 110 cm³/mol. The zero-order valence-electron chi connectivity index (χ0n) is 17.2. The van der Waals surface area contributed by atoms with Gasteiger partial charge in [-0.2, -0.15) is 0 Å². The number of hydrogen-bond acceptors (Lipinski definition) is 4. The molecule has 1 aromatic rings. The lowest BCUT2D eigenvalue weighted by molar-refractivity contribution is -0.143. The van der Waals surface area contributed by atoms with Crippen LogP contribution in [0, 0.1) is 23.2 Å². The van der Waals surface area contributed by atoms with E-state index >= 15 is 0 Å². The van der Waals surface area contributed by atoms with Crippen LogP contribution in [0.2, 0.25) is 0 Å². The molecule has 2 fully saturated rings. The molecule has 5 heteroatoms. The molecule has 2 aliphatic carbocycles. The number of nitrogens with zero attached hydrogens (tertiary/aromatic N) is 1. The quantitative estimate of drug-likeness (QED) is 0.611. The first kappa shape index (κ1) is 22.2. The molecule has 27 heavy (non-hydrogen) atoms. The number of carbonyl (C=O) groups excluding carboxylic acids is 1. The summed E-state index contributed by atoms with van der Waals surface area (Å²) in [5, 5.41) is 11.8. The van der Waals surface area contributed by atoms with Gasteiger partial charge in [-0.15, -0.1) is 12.4 Å². The second-order valence-corrected chi connectivity index (χ2v) is 9.60. The van der Waals surface area contributed by atoms with Crippen molar-refractivity contribution in [3.63, 3.8) is 0 Å². The smallest absolute Gasteiger partial charge is 0.316 e. The second kappa shape index (κ2) is 8.10. The summed E-state index contributed by atoms with van der Waals surface area (Å²) in [5.41, 5.74) is -0.511. The number of fused-ring (bicyclic) bond motifs is 2. The Hall–Kier alpha value is -1.10. The van der Waals surface area contributed by atoms with Crippen molar-refractivity contribution in [1.29, 1.82) is 0 Å². The average molecular weight is 396 g/mol. The summed E-state index contributed by atoms with van der Waals surface area (Å²) in [6.45, 7) is 6.41. The molecule has 0 aromatic heterocycles. The van der Waals surface area contributed by atoms with E-state index in [1.54, 1.807) is 6.07 Å². The fraction of sp³-hybridized carbons (Fsp3) is 0.682. The van der Waals surface area contributed by atoms with Crippen LogP contribution in [0.3, 0.4) is 0 Å². The molecule has 3 rings (SSSR count). The third-order valence-corrected chi connectivity index (χ3v) is 6.08. The Morgan fingerprint density at radius 2 is 2.00 bits per heavy atom. The van der Waals surface area contributed by atoms with Crippen LogP contribution in [0.25, 0.3) is 0 Å². The fourth-order valence-corrected chi connectivity index (χ4v) is 4.76. The van der Waals surface area contributed by atoms with Crippen LogP contribution in [0.15, 0.2) is 24.3 Å². The number of ether oxygens (including phenoxy) is 1. The molecule has 0 heterocycles. The molecule has 1 N–H and O–H groups in total. The van der Waals surface area contributed by atoms with Crippen LogP contribution in [-0.2, 0) is 10.4 Å². The first-order valence-corrected chi connectivity index (χ1v) is 9.79. The van der Waals surface area contributed by atoms with Crippen molar-refractivity contribution >= 4 is 18.4 Å². The van der Waals surface area contributed by atoms with E-state index in [0.29, 0.717) is 17.6 Å². The number of aliphatic hydroxyl groups is 1. The maximum absolute atomic E-state index is 12.2. The van der Waals surface area contributed by atoms with Crippen LogP contribution >= 0.6 is 12.4 Å². The monoisotopic (exact) mass is 395 g/mol. The number of esters is 1. The van der Waals surface area contributed by atoms with Gasteiger partial charge < -0.3 is 14.7 Å². The number of halogens is 1. The summed E-state index contributed by atoms with van der Waals surface area (Å²) < 4.78 is 5.58. The third-order valence-electron chi connectivity index (χ3n) is 6.08. The molecule has 1 aromatic carbocycles. The molecule has 2 bridgehead atoms. The van der Waals surface area contributed by atoms with E-state index < -0.39 is 11.0 Å². The van der Waals surface area contributed by atoms with Gasteiger partial charge in [-0.3, -0.25) is 4.79 Å². The Bertz CT molecular complexity index is 670. The van der Waals surface area contributed by atoms with Crippen molar-refractivity contribution in [3.05, 3.63) is 29.8 Å². The predicted octanol–water partition coefficient (Wildman–Crippen LogP) is 4.25. The van der Waals surface area contributed by atoms with Crippen molar-refractivity contribution in [2.75, 3.05) is 20.6 Å². The minimum absolute atomic E-state index is 0. The zero-order chi connectivity index (χ0) is 19.1. The Kier molecular flexibility index (Phi) is 6.66. The van der Waals surface area contributed by atoms with Crippen LogP contribution in [-0.4, -0.2) is 36.6 Å². The van der Waals surface area contributed by atoms with Crippen molar-refractivity contribution in [1.82, 2.24) is 4.90 Å². The molecule has 4 unspecified atom stereocenters. The normalized spacial score (nSPS) is 30.1. The summed E-state index contributed by atoms with van der Waals surface area (Å²) in [6.07, 6.45) is 4.47. The van der Waals surface area contributed by atoms with E-state index in [1.165, 1.54) is 19.3 Å². The Balaban J connectivity index is 0.00000261. The minimum atomic E-state index is -0.849. The highest BCUT2D eigenvalue weighted by Gasteiger charge is 2.51. The lowest BCUT2D eigenvalue weighted by Crippen LogP contribution is -2.47. The molecule has 0 spiro atoms. The molecule has 0 amide bonds. The van der Waals surface area contributed by atoms with Gasteiger partial charge in [0.2, 0.25) is 0 Å². The van der Waals surface area contributed by atoms with Gasteiger partial charge in [0, 0.05) is 12.5 Å². The van der Waals surface area contributed by atoms with E-state index in [0.717, 1.165) is 18.5 Å². The van der Waals surface area contributed by atoms with Crippen LogP contribution in [0.1, 0.15) is 52.0 Å². The lowest BCUT2D eigenvalue weighted by Gasteiger charge is -2.45. The largest absolute Gasteiger partial charge is 0.426 e. The zero-order valence-corrected chi connectivity index (χ0v) is 18.0. The molecule has 2 saturated carbocycles. The van der Waals surface area contributed by atoms with Crippen LogP contribution < -0.4 is 4.74 Å². The third kappa shape index (κ3) is 4.67. The number of hydrogen-bond donors (Lipinski definition) is 1. The van der Waals surface area contributed by atoms with Gasteiger partial charge in [0.15, 0.2) is 0 Å². The Labute approximate surface area is 169 Å². The first-order chi connectivity index (χ1) is 12.1. The molecular formula is C22H34ClNO3. The molecular weight excluding hydrogens is 362 g/mol. The summed E-state index contributed by atoms with van der Waals surface area (Å²) in [4.78, 5) is 14.4.